The number of hydrogen-bond donors (Lipinski definition) is 1. The van der Waals surface area contributed by atoms with E-state index in [2.05, 4.69) is 5.32 Å². The third-order valence-electron chi connectivity index (χ3n) is 3.23. The number of amides is 2. The van der Waals surface area contributed by atoms with Crippen LogP contribution in [0.15, 0.2) is 0 Å². The maximum absolute atomic E-state index is 11.4. The lowest BCUT2D eigenvalue weighted by atomic mass is 9.68. The smallest absolute Gasteiger partial charge is 0.317 e. The molecule has 2 fully saturated rings. The second-order valence-electron chi connectivity index (χ2n) is 3.82. The van der Waals surface area contributed by atoms with Gasteiger partial charge in [0.2, 0.25) is 0 Å². The molecule has 2 amide bonds. The van der Waals surface area contributed by atoms with Gasteiger partial charge < -0.3 is 10.2 Å². The number of urea groups is 1. The molecule has 1 N–H and O–H groups in total. The number of carbonyl (C=O) groups is 1. The highest BCUT2D eigenvalue weighted by molar-refractivity contribution is 5.76. The van der Waals surface area contributed by atoms with Crippen LogP contribution in [0.25, 0.3) is 0 Å². The second kappa shape index (κ2) is 2.64. The van der Waals surface area contributed by atoms with Crippen molar-refractivity contribution in [2.24, 2.45) is 0 Å². The molecule has 12 heavy (non-hydrogen) atoms. The van der Waals surface area contributed by atoms with E-state index < -0.39 is 0 Å². The van der Waals surface area contributed by atoms with Gasteiger partial charge in [-0.1, -0.05) is 0 Å². The Morgan fingerprint density at radius 1 is 1.50 bits per heavy atom. The highest BCUT2D eigenvalue weighted by Gasteiger charge is 2.51. The Labute approximate surface area is 73.1 Å². The van der Waals surface area contributed by atoms with Crippen molar-refractivity contribution in [2.75, 3.05) is 13.1 Å². The van der Waals surface area contributed by atoms with Crippen LogP contribution in [-0.4, -0.2) is 29.6 Å². The van der Waals surface area contributed by atoms with Crippen molar-refractivity contribution in [1.82, 2.24) is 10.2 Å². The van der Waals surface area contributed by atoms with E-state index in [4.69, 9.17) is 0 Å². The number of likely N-dealkylation sites (tertiary alicyclic amines) is 1. The number of carbonyl (C=O) groups excluding carboxylic acids is 1. The minimum Gasteiger partial charge on any atom is -0.338 e. The zero-order valence-electron chi connectivity index (χ0n) is 7.60. The van der Waals surface area contributed by atoms with Crippen molar-refractivity contribution in [3.63, 3.8) is 0 Å². The average Bonchev–Trinajstić information content (AvgIpc) is 1.81. The maximum atomic E-state index is 11.4. The molecule has 3 heteroatoms. The Bertz CT molecular complexity index is 193. The summed E-state index contributed by atoms with van der Waals surface area (Å²) in [5.74, 6) is 0. The molecule has 0 radical (unpaired) electrons. The second-order valence-corrected chi connectivity index (χ2v) is 3.82. The van der Waals surface area contributed by atoms with Crippen LogP contribution in [0.4, 0.5) is 4.79 Å². The van der Waals surface area contributed by atoms with Gasteiger partial charge >= 0.3 is 6.03 Å². The standard InChI is InChI=1S/C9H16N2O/c1-2-10-8(12)11-7-6-9(11)4-3-5-9/h2-7H2,1H3,(H,10,12). The molecule has 0 unspecified atom stereocenters. The summed E-state index contributed by atoms with van der Waals surface area (Å²) in [7, 11) is 0. The van der Waals surface area contributed by atoms with Gasteiger partial charge in [0.1, 0.15) is 0 Å². The van der Waals surface area contributed by atoms with Gasteiger partial charge in [0.15, 0.2) is 0 Å². The summed E-state index contributed by atoms with van der Waals surface area (Å²) in [6, 6.07) is 0.142. The quantitative estimate of drug-likeness (QED) is 0.629. The Morgan fingerprint density at radius 3 is 2.58 bits per heavy atom. The largest absolute Gasteiger partial charge is 0.338 e. The molecule has 1 aliphatic carbocycles. The third-order valence-corrected chi connectivity index (χ3v) is 3.23. The lowest BCUT2D eigenvalue weighted by Gasteiger charge is -2.58. The van der Waals surface area contributed by atoms with Gasteiger partial charge in [0, 0.05) is 18.6 Å². The van der Waals surface area contributed by atoms with Gasteiger partial charge in [0.25, 0.3) is 0 Å². The molecule has 1 saturated heterocycles. The van der Waals surface area contributed by atoms with Crippen molar-refractivity contribution in [3.8, 4) is 0 Å². The van der Waals surface area contributed by atoms with E-state index in [0.29, 0.717) is 5.54 Å². The van der Waals surface area contributed by atoms with Crippen molar-refractivity contribution in [2.45, 2.75) is 38.1 Å². The first-order chi connectivity index (χ1) is 5.78. The van der Waals surface area contributed by atoms with Gasteiger partial charge in [-0.25, -0.2) is 4.79 Å². The molecule has 0 aromatic rings. The number of nitrogens with one attached hydrogen (secondary N) is 1. The minimum absolute atomic E-state index is 0.142. The van der Waals surface area contributed by atoms with E-state index in [9.17, 15) is 4.79 Å². The minimum atomic E-state index is 0.142. The summed E-state index contributed by atoms with van der Waals surface area (Å²) < 4.78 is 0. The maximum Gasteiger partial charge on any atom is 0.317 e. The van der Waals surface area contributed by atoms with Gasteiger partial charge in [-0.05, 0) is 32.6 Å². The van der Waals surface area contributed by atoms with E-state index in [0.717, 1.165) is 13.1 Å². The fraction of sp³-hybridized carbons (Fsp3) is 0.889. The molecule has 1 heterocycles. The van der Waals surface area contributed by atoms with Crippen LogP contribution < -0.4 is 5.32 Å². The number of hydrogen-bond acceptors (Lipinski definition) is 1. The zero-order valence-corrected chi connectivity index (χ0v) is 7.60. The SMILES string of the molecule is CCNC(=O)N1CCC12CCC2. The molecule has 2 aliphatic rings. The van der Waals surface area contributed by atoms with Gasteiger partial charge in [-0.3, -0.25) is 0 Å². The van der Waals surface area contributed by atoms with Crippen LogP contribution in [0.2, 0.25) is 0 Å². The topological polar surface area (TPSA) is 32.3 Å². The van der Waals surface area contributed by atoms with Crippen LogP contribution in [0.1, 0.15) is 32.6 Å². The molecule has 1 aliphatic heterocycles. The highest BCUT2D eigenvalue weighted by atomic mass is 16.2. The lowest BCUT2D eigenvalue weighted by Crippen LogP contribution is -2.67. The molecular weight excluding hydrogens is 152 g/mol. The first kappa shape index (κ1) is 7.90. The van der Waals surface area contributed by atoms with Gasteiger partial charge in [0.05, 0.1) is 0 Å². The number of rotatable bonds is 1. The first-order valence-corrected chi connectivity index (χ1v) is 4.84. The first-order valence-electron chi connectivity index (χ1n) is 4.84. The molecule has 0 aromatic carbocycles. The van der Waals surface area contributed by atoms with Gasteiger partial charge in [-0.15, -0.1) is 0 Å². The Kier molecular flexibility index (Phi) is 1.74. The summed E-state index contributed by atoms with van der Waals surface area (Å²) in [6.07, 6.45) is 4.98. The van der Waals surface area contributed by atoms with E-state index in [1.165, 1.54) is 25.7 Å². The van der Waals surface area contributed by atoms with Crippen LogP contribution in [0.5, 0.6) is 0 Å². The normalized spacial score (nSPS) is 24.6. The van der Waals surface area contributed by atoms with Gasteiger partial charge in [-0.2, -0.15) is 0 Å². The third kappa shape index (κ3) is 0.919. The predicted octanol–water partition coefficient (Wildman–Crippen LogP) is 1.34. The van der Waals surface area contributed by atoms with E-state index in [-0.39, 0.29) is 6.03 Å². The van der Waals surface area contributed by atoms with Crippen molar-refractivity contribution in [3.05, 3.63) is 0 Å². The highest BCUT2D eigenvalue weighted by Crippen LogP contribution is 2.46. The molecule has 1 saturated carbocycles. The van der Waals surface area contributed by atoms with E-state index in [1.807, 2.05) is 11.8 Å². The summed E-state index contributed by atoms with van der Waals surface area (Å²) in [5, 5.41) is 2.86. The lowest BCUT2D eigenvalue weighted by molar-refractivity contribution is -0.0362. The summed E-state index contributed by atoms with van der Waals surface area (Å²) in [4.78, 5) is 13.5. The van der Waals surface area contributed by atoms with Crippen molar-refractivity contribution >= 4 is 6.03 Å². The Hall–Kier alpha value is -0.730. The van der Waals surface area contributed by atoms with Crippen LogP contribution in [0.3, 0.4) is 0 Å². The average molecular weight is 168 g/mol. The van der Waals surface area contributed by atoms with Crippen LogP contribution in [0, 0.1) is 0 Å². The Balaban J connectivity index is 1.92. The number of nitrogens with zero attached hydrogens (tertiary/aromatic N) is 1. The predicted molar refractivity (Wildman–Crippen MR) is 47.0 cm³/mol. The summed E-state index contributed by atoms with van der Waals surface area (Å²) in [6.45, 7) is 3.67. The Morgan fingerprint density at radius 2 is 2.25 bits per heavy atom. The summed E-state index contributed by atoms with van der Waals surface area (Å²) in [5.41, 5.74) is 0.305. The molecule has 2 rings (SSSR count). The van der Waals surface area contributed by atoms with E-state index in [1.54, 1.807) is 0 Å². The summed E-state index contributed by atoms with van der Waals surface area (Å²) >= 11 is 0. The molecule has 0 aromatic heterocycles. The molecule has 3 nitrogen and oxygen atoms in total. The van der Waals surface area contributed by atoms with E-state index >= 15 is 0 Å². The fourth-order valence-corrected chi connectivity index (χ4v) is 2.21. The fourth-order valence-electron chi connectivity index (χ4n) is 2.21. The molecule has 68 valence electrons. The van der Waals surface area contributed by atoms with Crippen LogP contribution >= 0.6 is 0 Å². The van der Waals surface area contributed by atoms with Crippen LogP contribution in [-0.2, 0) is 0 Å². The zero-order chi connectivity index (χ0) is 8.60. The van der Waals surface area contributed by atoms with Crippen molar-refractivity contribution in [1.29, 1.82) is 0 Å². The molecule has 1 spiro atoms. The molecule has 0 bridgehead atoms. The van der Waals surface area contributed by atoms with Crippen molar-refractivity contribution < 1.29 is 4.79 Å². The molecule has 0 atom stereocenters. The monoisotopic (exact) mass is 168 g/mol. The molecular formula is C9H16N2O.